The summed E-state index contributed by atoms with van der Waals surface area (Å²) >= 11 is 0. The molecule has 0 saturated carbocycles. The molecule has 0 aliphatic carbocycles. The van der Waals surface area contributed by atoms with Crippen LogP contribution in [0.25, 0.3) is 11.0 Å². The quantitative estimate of drug-likeness (QED) is 0.719. The first-order valence-electron chi connectivity index (χ1n) is 9.06. The number of rotatable bonds is 4. The van der Waals surface area contributed by atoms with Gasteiger partial charge in [0.1, 0.15) is 11.6 Å². The van der Waals surface area contributed by atoms with Crippen LogP contribution in [0.15, 0.2) is 24.4 Å². The molecule has 0 bridgehead atoms. The fourth-order valence-corrected chi connectivity index (χ4v) is 3.61. The van der Waals surface area contributed by atoms with Crippen LogP contribution in [0.5, 0.6) is 0 Å². The molecule has 0 aromatic carbocycles. The maximum atomic E-state index is 6.13. The molecule has 1 saturated heterocycles. The lowest BCUT2D eigenvalue weighted by Crippen LogP contribution is -2.40. The Morgan fingerprint density at radius 3 is 2.92 bits per heavy atom. The summed E-state index contributed by atoms with van der Waals surface area (Å²) in [5.74, 6) is 1.75. The Morgan fingerprint density at radius 2 is 2.12 bits per heavy atom. The van der Waals surface area contributed by atoms with Crippen LogP contribution in [-0.2, 0) is 18.4 Å². The third-order valence-electron chi connectivity index (χ3n) is 4.82. The number of aromatic nitrogens is 5. The highest BCUT2D eigenvalue weighted by Gasteiger charge is 2.25. The Kier molecular flexibility index (Phi) is 4.55. The molecule has 26 heavy (non-hydrogen) atoms. The first-order chi connectivity index (χ1) is 12.6. The van der Waals surface area contributed by atoms with E-state index in [1.165, 1.54) is 0 Å². The molecular weight excluding hydrogens is 328 g/mol. The summed E-state index contributed by atoms with van der Waals surface area (Å²) in [6, 6.07) is 5.91. The SMILES string of the molecule is Cc1nc(N2CCCC(OCc3ccccn3)C2)c2c(C)nn(C)c2n1. The van der Waals surface area contributed by atoms with Gasteiger partial charge in [0.2, 0.25) is 0 Å². The van der Waals surface area contributed by atoms with Crippen LogP contribution < -0.4 is 4.90 Å². The fraction of sp³-hybridized carbons (Fsp3) is 0.474. The normalized spacial score (nSPS) is 17.8. The lowest BCUT2D eigenvalue weighted by Gasteiger charge is -2.33. The molecule has 0 amide bonds. The predicted molar refractivity (Wildman–Crippen MR) is 100 cm³/mol. The van der Waals surface area contributed by atoms with Crippen LogP contribution in [0.4, 0.5) is 5.82 Å². The van der Waals surface area contributed by atoms with Crippen molar-refractivity contribution in [2.75, 3.05) is 18.0 Å². The van der Waals surface area contributed by atoms with Gasteiger partial charge < -0.3 is 9.64 Å². The summed E-state index contributed by atoms with van der Waals surface area (Å²) in [6.07, 6.45) is 4.12. The van der Waals surface area contributed by atoms with Crippen molar-refractivity contribution >= 4 is 16.9 Å². The van der Waals surface area contributed by atoms with E-state index in [-0.39, 0.29) is 6.10 Å². The van der Waals surface area contributed by atoms with Gasteiger partial charge in [0.05, 0.1) is 29.5 Å². The molecule has 7 nitrogen and oxygen atoms in total. The summed E-state index contributed by atoms with van der Waals surface area (Å²) in [5.41, 5.74) is 2.82. The Labute approximate surface area is 153 Å². The van der Waals surface area contributed by atoms with Crippen LogP contribution in [0.2, 0.25) is 0 Å². The molecule has 1 aliphatic rings. The number of pyridine rings is 1. The molecule has 3 aromatic rings. The number of anilines is 1. The van der Waals surface area contributed by atoms with Crippen LogP contribution in [0, 0.1) is 13.8 Å². The summed E-state index contributed by atoms with van der Waals surface area (Å²) < 4.78 is 7.97. The number of fused-ring (bicyclic) bond motifs is 1. The third kappa shape index (κ3) is 3.26. The van der Waals surface area contributed by atoms with Gasteiger partial charge in [-0.25, -0.2) is 9.97 Å². The van der Waals surface area contributed by atoms with Crippen molar-refractivity contribution in [2.45, 2.75) is 39.4 Å². The van der Waals surface area contributed by atoms with E-state index in [2.05, 4.69) is 20.0 Å². The number of aryl methyl sites for hydroxylation is 3. The van der Waals surface area contributed by atoms with Gasteiger partial charge >= 0.3 is 0 Å². The van der Waals surface area contributed by atoms with E-state index in [9.17, 15) is 0 Å². The van der Waals surface area contributed by atoms with Gasteiger partial charge in [-0.3, -0.25) is 9.67 Å². The Morgan fingerprint density at radius 1 is 1.23 bits per heavy atom. The van der Waals surface area contributed by atoms with Crippen molar-refractivity contribution in [3.05, 3.63) is 41.6 Å². The molecule has 0 N–H and O–H groups in total. The van der Waals surface area contributed by atoms with Gasteiger partial charge in [0, 0.05) is 26.3 Å². The van der Waals surface area contributed by atoms with Crippen LogP contribution in [0.3, 0.4) is 0 Å². The number of nitrogens with zero attached hydrogens (tertiary/aromatic N) is 6. The number of hydrogen-bond acceptors (Lipinski definition) is 6. The van der Waals surface area contributed by atoms with E-state index < -0.39 is 0 Å². The molecular formula is C19H24N6O. The molecule has 0 radical (unpaired) electrons. The zero-order valence-electron chi connectivity index (χ0n) is 15.5. The monoisotopic (exact) mass is 352 g/mol. The summed E-state index contributed by atoms with van der Waals surface area (Å²) in [5, 5.41) is 5.57. The lowest BCUT2D eigenvalue weighted by molar-refractivity contribution is 0.0297. The molecule has 4 rings (SSSR count). The topological polar surface area (TPSA) is 69.0 Å². The van der Waals surface area contributed by atoms with Crippen molar-refractivity contribution in [1.29, 1.82) is 0 Å². The Hall–Kier alpha value is -2.54. The summed E-state index contributed by atoms with van der Waals surface area (Å²) in [7, 11) is 1.93. The van der Waals surface area contributed by atoms with E-state index in [1.54, 1.807) is 6.20 Å². The van der Waals surface area contributed by atoms with Crippen LogP contribution >= 0.6 is 0 Å². The molecule has 0 spiro atoms. The molecule has 4 heterocycles. The minimum absolute atomic E-state index is 0.174. The predicted octanol–water partition coefficient (Wildman–Crippen LogP) is 2.56. The van der Waals surface area contributed by atoms with Gasteiger partial charge in [-0.15, -0.1) is 0 Å². The van der Waals surface area contributed by atoms with Gasteiger partial charge in [-0.05, 0) is 38.8 Å². The number of piperidine rings is 1. The first kappa shape index (κ1) is 16.9. The standard InChI is InChI=1S/C19H24N6O/c1-13-17-18(24(3)23-13)21-14(2)22-19(17)25-10-6-8-16(11-25)26-12-15-7-4-5-9-20-15/h4-5,7,9,16H,6,8,10-12H2,1-3H3. The van der Waals surface area contributed by atoms with E-state index in [0.717, 1.165) is 60.0 Å². The Balaban J connectivity index is 1.55. The summed E-state index contributed by atoms with van der Waals surface area (Å²) in [4.78, 5) is 16.0. The zero-order valence-corrected chi connectivity index (χ0v) is 15.5. The highest BCUT2D eigenvalue weighted by molar-refractivity contribution is 5.90. The first-order valence-corrected chi connectivity index (χ1v) is 9.06. The second-order valence-electron chi connectivity index (χ2n) is 6.84. The van der Waals surface area contributed by atoms with Crippen LogP contribution in [-0.4, -0.2) is 43.9 Å². The molecule has 3 aromatic heterocycles. The molecule has 7 heteroatoms. The minimum atomic E-state index is 0.174. The number of hydrogen-bond donors (Lipinski definition) is 0. The second-order valence-corrected chi connectivity index (χ2v) is 6.84. The fourth-order valence-electron chi connectivity index (χ4n) is 3.61. The lowest BCUT2D eigenvalue weighted by atomic mass is 10.1. The maximum absolute atomic E-state index is 6.13. The molecule has 1 fully saturated rings. The maximum Gasteiger partial charge on any atom is 0.163 e. The second kappa shape index (κ2) is 6.99. The smallest absolute Gasteiger partial charge is 0.163 e. The minimum Gasteiger partial charge on any atom is -0.370 e. The average Bonchev–Trinajstić information content (AvgIpc) is 2.94. The molecule has 1 atom stereocenters. The average molecular weight is 352 g/mol. The highest BCUT2D eigenvalue weighted by atomic mass is 16.5. The van der Waals surface area contributed by atoms with Crippen LogP contribution in [0.1, 0.15) is 30.1 Å². The van der Waals surface area contributed by atoms with E-state index >= 15 is 0 Å². The molecule has 1 unspecified atom stereocenters. The van der Waals surface area contributed by atoms with E-state index in [4.69, 9.17) is 9.72 Å². The zero-order chi connectivity index (χ0) is 18.1. The van der Waals surface area contributed by atoms with Gasteiger partial charge in [-0.1, -0.05) is 6.07 Å². The van der Waals surface area contributed by atoms with Gasteiger partial charge in [0.25, 0.3) is 0 Å². The van der Waals surface area contributed by atoms with E-state index in [1.807, 2.05) is 43.8 Å². The van der Waals surface area contributed by atoms with Crippen molar-refractivity contribution in [2.24, 2.45) is 7.05 Å². The van der Waals surface area contributed by atoms with Crippen molar-refractivity contribution < 1.29 is 4.74 Å². The van der Waals surface area contributed by atoms with E-state index in [0.29, 0.717) is 6.61 Å². The Bertz CT molecular complexity index is 907. The largest absolute Gasteiger partial charge is 0.370 e. The third-order valence-corrected chi connectivity index (χ3v) is 4.82. The van der Waals surface area contributed by atoms with Crippen molar-refractivity contribution in [3.63, 3.8) is 0 Å². The summed E-state index contributed by atoms with van der Waals surface area (Å²) in [6.45, 7) is 6.30. The number of ether oxygens (including phenoxy) is 1. The highest BCUT2D eigenvalue weighted by Crippen LogP contribution is 2.29. The van der Waals surface area contributed by atoms with Gasteiger partial charge in [-0.2, -0.15) is 5.10 Å². The molecule has 1 aliphatic heterocycles. The molecule has 136 valence electrons. The van der Waals surface area contributed by atoms with Crippen molar-refractivity contribution in [1.82, 2.24) is 24.7 Å². The van der Waals surface area contributed by atoms with Crippen molar-refractivity contribution in [3.8, 4) is 0 Å². The van der Waals surface area contributed by atoms with Gasteiger partial charge in [0.15, 0.2) is 5.65 Å².